The molecule has 9 heteroatoms. The van der Waals surface area contributed by atoms with E-state index in [0.29, 0.717) is 17.4 Å². The molecule has 1 aliphatic rings. The van der Waals surface area contributed by atoms with Crippen molar-refractivity contribution >= 4 is 22.4 Å². The standard InChI is InChI=1S/C21H29N7OS/c1-24-18(23)10-9-16(22)7-2-3-8-20-27-28-21(30-20)26-19(29)11-14-5-4-6-15-12-25-13-17(14)15/h4-6,9-10,24-25H,2-3,7-8,11-13,22-23H2,1H3,(H,26,28,29)/b16-9-,18-10+. The van der Waals surface area contributed by atoms with Gasteiger partial charge in [-0.3, -0.25) is 4.79 Å². The van der Waals surface area contributed by atoms with Gasteiger partial charge in [-0.25, -0.2) is 0 Å². The number of nitrogens with zero attached hydrogens (tertiary/aromatic N) is 2. The maximum Gasteiger partial charge on any atom is 0.230 e. The second-order valence-electron chi connectivity index (χ2n) is 7.20. The number of aryl methyl sites for hydroxylation is 1. The molecule has 2 heterocycles. The predicted molar refractivity (Wildman–Crippen MR) is 120 cm³/mol. The Morgan fingerprint density at radius 2 is 2.10 bits per heavy atom. The van der Waals surface area contributed by atoms with Crippen molar-refractivity contribution in [3.05, 3.63) is 63.6 Å². The van der Waals surface area contributed by atoms with Crippen molar-refractivity contribution in [1.29, 1.82) is 0 Å². The average Bonchev–Trinajstić information content (AvgIpc) is 3.39. The number of hydrogen-bond donors (Lipinski definition) is 5. The number of fused-ring (bicyclic) bond motifs is 1. The third-order valence-electron chi connectivity index (χ3n) is 4.92. The van der Waals surface area contributed by atoms with E-state index in [2.05, 4.69) is 32.2 Å². The molecule has 1 aromatic heterocycles. The predicted octanol–water partition coefficient (Wildman–Crippen LogP) is 1.90. The molecule has 0 unspecified atom stereocenters. The van der Waals surface area contributed by atoms with Gasteiger partial charge < -0.3 is 27.4 Å². The molecule has 0 atom stereocenters. The lowest BCUT2D eigenvalue weighted by Gasteiger charge is -2.07. The summed E-state index contributed by atoms with van der Waals surface area (Å²) in [6, 6.07) is 6.12. The highest BCUT2D eigenvalue weighted by molar-refractivity contribution is 7.15. The van der Waals surface area contributed by atoms with Crippen LogP contribution in [0.2, 0.25) is 0 Å². The van der Waals surface area contributed by atoms with Gasteiger partial charge in [0.05, 0.1) is 12.2 Å². The van der Waals surface area contributed by atoms with Crippen molar-refractivity contribution in [3.8, 4) is 0 Å². The normalized spacial score (nSPS) is 13.9. The van der Waals surface area contributed by atoms with Crippen LogP contribution >= 0.6 is 11.3 Å². The van der Waals surface area contributed by atoms with E-state index in [0.717, 1.165) is 55.0 Å². The first-order chi connectivity index (χ1) is 14.5. The zero-order valence-electron chi connectivity index (χ0n) is 17.2. The van der Waals surface area contributed by atoms with Crippen molar-refractivity contribution < 1.29 is 4.79 Å². The number of anilines is 1. The number of carbonyl (C=O) groups is 1. The fourth-order valence-corrected chi connectivity index (χ4v) is 4.08. The lowest BCUT2D eigenvalue weighted by molar-refractivity contribution is -0.115. The number of amides is 1. The highest BCUT2D eigenvalue weighted by Gasteiger charge is 2.16. The summed E-state index contributed by atoms with van der Waals surface area (Å²) in [7, 11) is 1.76. The monoisotopic (exact) mass is 427 g/mol. The molecule has 0 fully saturated rings. The molecule has 0 saturated carbocycles. The average molecular weight is 428 g/mol. The zero-order chi connectivity index (χ0) is 21.3. The van der Waals surface area contributed by atoms with Gasteiger partial charge in [-0.2, -0.15) is 0 Å². The number of carbonyl (C=O) groups excluding carboxylic acids is 1. The van der Waals surface area contributed by atoms with Crippen molar-refractivity contribution in [1.82, 2.24) is 20.8 Å². The van der Waals surface area contributed by atoms with Crippen LogP contribution in [-0.4, -0.2) is 23.2 Å². The molecular weight excluding hydrogens is 398 g/mol. The minimum atomic E-state index is -0.0650. The smallest absolute Gasteiger partial charge is 0.230 e. The van der Waals surface area contributed by atoms with Crippen LogP contribution in [0.25, 0.3) is 0 Å². The second-order valence-corrected chi connectivity index (χ2v) is 8.27. The Morgan fingerprint density at radius 1 is 1.23 bits per heavy atom. The summed E-state index contributed by atoms with van der Waals surface area (Å²) in [5.41, 5.74) is 16.0. The van der Waals surface area contributed by atoms with E-state index in [-0.39, 0.29) is 5.91 Å². The molecule has 7 N–H and O–H groups in total. The van der Waals surface area contributed by atoms with E-state index in [9.17, 15) is 4.79 Å². The van der Waals surface area contributed by atoms with E-state index in [1.165, 1.54) is 22.5 Å². The molecule has 160 valence electrons. The van der Waals surface area contributed by atoms with Crippen LogP contribution in [-0.2, 0) is 30.7 Å². The van der Waals surface area contributed by atoms with Crippen LogP contribution in [0.3, 0.4) is 0 Å². The SMILES string of the molecule is CN/C(N)=C/C=C(\N)CCCCc1nnc(NC(=O)Cc2cccc3c2CNC3)s1. The van der Waals surface area contributed by atoms with Crippen LogP contribution in [0.15, 0.2) is 41.9 Å². The number of unbranched alkanes of at least 4 members (excludes halogenated alkanes) is 1. The molecule has 2 aromatic rings. The Kier molecular flexibility index (Phi) is 7.81. The first kappa shape index (κ1) is 21.8. The van der Waals surface area contributed by atoms with Gasteiger partial charge in [-0.15, -0.1) is 10.2 Å². The number of hydrogen-bond acceptors (Lipinski definition) is 8. The summed E-state index contributed by atoms with van der Waals surface area (Å²) in [4.78, 5) is 12.4. The first-order valence-electron chi connectivity index (χ1n) is 10.1. The first-order valence-corrected chi connectivity index (χ1v) is 10.9. The van der Waals surface area contributed by atoms with Crippen LogP contribution in [0.1, 0.15) is 41.0 Å². The van der Waals surface area contributed by atoms with Gasteiger partial charge in [0.2, 0.25) is 11.0 Å². The maximum absolute atomic E-state index is 12.4. The molecule has 30 heavy (non-hydrogen) atoms. The lowest BCUT2D eigenvalue weighted by atomic mass is 10.0. The van der Waals surface area contributed by atoms with Gasteiger partial charge >= 0.3 is 0 Å². The van der Waals surface area contributed by atoms with Crippen LogP contribution in [0.5, 0.6) is 0 Å². The Hall–Kier alpha value is -2.91. The number of allylic oxidation sites excluding steroid dienone is 3. The molecule has 1 aromatic carbocycles. The topological polar surface area (TPSA) is 131 Å². The number of nitrogens with two attached hydrogens (primary N) is 2. The van der Waals surface area contributed by atoms with E-state index in [1.54, 1.807) is 13.1 Å². The molecule has 8 nitrogen and oxygen atoms in total. The van der Waals surface area contributed by atoms with Gasteiger partial charge in [0, 0.05) is 32.3 Å². The quantitative estimate of drug-likeness (QED) is 0.289. The van der Waals surface area contributed by atoms with Gasteiger partial charge in [-0.05, 0) is 48.1 Å². The summed E-state index contributed by atoms with van der Waals surface area (Å²) in [6.45, 7) is 1.69. The number of benzene rings is 1. The van der Waals surface area contributed by atoms with E-state index in [4.69, 9.17) is 11.5 Å². The van der Waals surface area contributed by atoms with Crippen molar-refractivity contribution in [3.63, 3.8) is 0 Å². The van der Waals surface area contributed by atoms with Crippen LogP contribution in [0, 0.1) is 0 Å². The molecule has 1 aliphatic heterocycles. The van der Waals surface area contributed by atoms with E-state index in [1.807, 2.05) is 18.2 Å². The third-order valence-corrected chi connectivity index (χ3v) is 5.82. The van der Waals surface area contributed by atoms with Gasteiger partial charge in [-0.1, -0.05) is 29.5 Å². The summed E-state index contributed by atoms with van der Waals surface area (Å²) in [5.74, 6) is 0.513. The molecule has 1 amide bonds. The summed E-state index contributed by atoms with van der Waals surface area (Å²) >= 11 is 1.43. The Labute approximate surface area is 180 Å². The fraction of sp³-hybridized carbons (Fsp3) is 0.381. The fourth-order valence-electron chi connectivity index (χ4n) is 3.28. The molecule has 0 radical (unpaired) electrons. The van der Waals surface area contributed by atoms with Crippen molar-refractivity contribution in [2.75, 3.05) is 12.4 Å². The zero-order valence-corrected chi connectivity index (χ0v) is 18.0. The van der Waals surface area contributed by atoms with E-state index < -0.39 is 0 Å². The second kappa shape index (κ2) is 10.7. The van der Waals surface area contributed by atoms with Gasteiger partial charge in [0.1, 0.15) is 5.01 Å². The molecule has 0 spiro atoms. The largest absolute Gasteiger partial charge is 0.402 e. The Morgan fingerprint density at radius 3 is 2.93 bits per heavy atom. The van der Waals surface area contributed by atoms with Gasteiger partial charge in [0.25, 0.3) is 0 Å². The summed E-state index contributed by atoms with van der Waals surface area (Å²) < 4.78 is 0. The molecule has 0 bridgehead atoms. The molecular formula is C21H29N7OS. The van der Waals surface area contributed by atoms with E-state index >= 15 is 0 Å². The molecule has 3 rings (SSSR count). The highest BCUT2D eigenvalue weighted by Crippen LogP contribution is 2.22. The minimum absolute atomic E-state index is 0.0650. The maximum atomic E-state index is 12.4. The molecule has 0 aliphatic carbocycles. The lowest BCUT2D eigenvalue weighted by Crippen LogP contribution is -2.15. The number of rotatable bonds is 10. The molecule has 0 saturated heterocycles. The van der Waals surface area contributed by atoms with Crippen LogP contribution in [0.4, 0.5) is 5.13 Å². The van der Waals surface area contributed by atoms with Crippen molar-refractivity contribution in [2.45, 2.75) is 45.2 Å². The minimum Gasteiger partial charge on any atom is -0.402 e. The summed E-state index contributed by atoms with van der Waals surface area (Å²) in [6.07, 6.45) is 7.44. The van der Waals surface area contributed by atoms with Crippen LogP contribution < -0.4 is 27.4 Å². The Bertz CT molecular complexity index is 935. The third kappa shape index (κ3) is 6.30. The number of aromatic nitrogens is 2. The van der Waals surface area contributed by atoms with Gasteiger partial charge in [0.15, 0.2) is 0 Å². The van der Waals surface area contributed by atoms with Crippen molar-refractivity contribution in [2.24, 2.45) is 11.5 Å². The Balaban J connectivity index is 1.42. The number of nitrogens with one attached hydrogen (secondary N) is 3. The summed E-state index contributed by atoms with van der Waals surface area (Å²) in [5, 5.41) is 18.8. The highest BCUT2D eigenvalue weighted by atomic mass is 32.1.